The third kappa shape index (κ3) is 3.97. The van der Waals surface area contributed by atoms with E-state index in [0.29, 0.717) is 12.0 Å². The second kappa shape index (κ2) is 9.30. The van der Waals surface area contributed by atoms with Gasteiger partial charge in [-0.2, -0.15) is 0 Å². The monoisotopic (exact) mass is 589 g/mol. The second-order valence-corrected chi connectivity index (χ2v) is 13.1. The van der Waals surface area contributed by atoms with Crippen LogP contribution in [0.2, 0.25) is 0 Å². The molecule has 0 unspecified atom stereocenters. The summed E-state index contributed by atoms with van der Waals surface area (Å²) >= 11 is 0. The lowest BCUT2D eigenvalue weighted by atomic mass is 10.1. The highest BCUT2D eigenvalue weighted by Crippen LogP contribution is 2.59. The molecule has 5 heterocycles. The van der Waals surface area contributed by atoms with Crippen LogP contribution in [0.3, 0.4) is 0 Å². The molecule has 10 heteroatoms. The third-order valence-electron chi connectivity index (χ3n) is 10.7. The third-order valence-corrected chi connectivity index (χ3v) is 10.7. The molecule has 0 spiro atoms. The number of furan rings is 1. The molecule has 0 radical (unpaired) electrons. The first-order chi connectivity index (χ1) is 21.4. The Morgan fingerprint density at radius 2 is 1.64 bits per heavy atom. The van der Waals surface area contributed by atoms with E-state index >= 15 is 0 Å². The standard InChI is InChI=1S/C34H35N7O3/c1-40-26-11-21(26)12-27(40)31-35-16-24(37-31)18-4-6-19(7-5-18)30-13-22-10-20(8-9-29(22)44-30)25-17-36-32(38-25)28-14-23-15-34(23,41(28)2)39-33(42)43-3/h4-10,13,16-17,21,23,26-28H,11-12,14-15H2,1-3H3,(H,35,37)(H,36,38)(H,39,42)/t21-,23+,26-,27+,28+,34-/m1/s1. The number of H-pyrrole nitrogens is 2. The highest BCUT2D eigenvalue weighted by atomic mass is 16.5. The number of benzene rings is 2. The number of rotatable bonds is 6. The van der Waals surface area contributed by atoms with Crippen LogP contribution in [0, 0.1) is 11.8 Å². The van der Waals surface area contributed by atoms with Crippen LogP contribution < -0.4 is 5.32 Å². The lowest BCUT2D eigenvalue weighted by Crippen LogP contribution is -2.48. The van der Waals surface area contributed by atoms with Crippen molar-refractivity contribution >= 4 is 17.1 Å². The van der Waals surface area contributed by atoms with Gasteiger partial charge in [0.25, 0.3) is 0 Å². The predicted octanol–water partition coefficient (Wildman–Crippen LogP) is 6.09. The van der Waals surface area contributed by atoms with Crippen molar-refractivity contribution in [3.05, 3.63) is 72.6 Å². The molecular weight excluding hydrogens is 554 g/mol. The molecule has 4 aliphatic rings. The van der Waals surface area contributed by atoms with Crippen molar-refractivity contribution in [3.63, 3.8) is 0 Å². The number of carbonyl (C=O) groups is 1. The van der Waals surface area contributed by atoms with Gasteiger partial charge in [0.05, 0.1) is 43.0 Å². The Hall–Kier alpha value is -4.41. The summed E-state index contributed by atoms with van der Waals surface area (Å²) in [6.45, 7) is 0. The largest absolute Gasteiger partial charge is 0.456 e. The Kier molecular flexibility index (Phi) is 5.50. The molecule has 2 aliphatic carbocycles. The van der Waals surface area contributed by atoms with Crippen LogP contribution in [0.1, 0.15) is 49.4 Å². The van der Waals surface area contributed by atoms with Crippen LogP contribution in [0.4, 0.5) is 4.79 Å². The molecule has 4 fully saturated rings. The number of imidazole rings is 2. The summed E-state index contributed by atoms with van der Waals surface area (Å²) in [5.41, 5.74) is 5.71. The summed E-state index contributed by atoms with van der Waals surface area (Å²) in [7, 11) is 5.67. The van der Waals surface area contributed by atoms with Gasteiger partial charge in [-0.1, -0.05) is 24.3 Å². The van der Waals surface area contributed by atoms with Crippen molar-refractivity contribution in [1.29, 1.82) is 0 Å². The number of ether oxygens (including phenoxy) is 1. The van der Waals surface area contributed by atoms with E-state index in [1.807, 2.05) is 25.5 Å². The fourth-order valence-electron chi connectivity index (χ4n) is 7.94. The molecule has 1 amide bonds. The van der Waals surface area contributed by atoms with Crippen LogP contribution in [-0.2, 0) is 4.74 Å². The zero-order valence-electron chi connectivity index (χ0n) is 25.0. The smallest absolute Gasteiger partial charge is 0.408 e. The van der Waals surface area contributed by atoms with Crippen molar-refractivity contribution in [2.24, 2.45) is 11.8 Å². The molecule has 2 aromatic carbocycles. The summed E-state index contributed by atoms with van der Waals surface area (Å²) in [5.74, 6) is 4.07. The molecular formula is C34H35N7O3. The maximum Gasteiger partial charge on any atom is 0.408 e. The quantitative estimate of drug-likeness (QED) is 0.219. The van der Waals surface area contributed by atoms with Gasteiger partial charge in [0.15, 0.2) is 0 Å². The second-order valence-electron chi connectivity index (χ2n) is 13.1. The van der Waals surface area contributed by atoms with Crippen LogP contribution >= 0.6 is 0 Å². The Bertz CT molecular complexity index is 1910. The Labute approximate surface area is 254 Å². The summed E-state index contributed by atoms with van der Waals surface area (Å²) in [6, 6.07) is 18.0. The summed E-state index contributed by atoms with van der Waals surface area (Å²) in [5, 5.41) is 4.07. The SMILES string of the molecule is COC(=O)N[C@@]12C[C@@H]1C[C@@H](c1ncc(-c3ccc4oc(-c5ccc(-c6cnc([C@@H]7C[C@H]8C[C@H]8N7C)[nH]6)cc5)cc4c3)[nH]1)N2C. The molecule has 2 saturated carbocycles. The van der Waals surface area contributed by atoms with E-state index in [1.54, 1.807) is 0 Å². The normalized spacial score (nSPS) is 29.1. The van der Waals surface area contributed by atoms with E-state index in [9.17, 15) is 4.79 Å². The number of hydrogen-bond acceptors (Lipinski definition) is 7. The van der Waals surface area contributed by atoms with Crippen LogP contribution in [-0.4, -0.2) is 68.7 Å². The minimum absolute atomic E-state index is 0.106. The fraction of sp³-hybridized carbons (Fsp3) is 0.382. The number of amides is 1. The lowest BCUT2D eigenvalue weighted by molar-refractivity contribution is 0.124. The minimum Gasteiger partial charge on any atom is -0.456 e. The van der Waals surface area contributed by atoms with Gasteiger partial charge in [0.2, 0.25) is 0 Å². The van der Waals surface area contributed by atoms with Gasteiger partial charge in [0.1, 0.15) is 28.7 Å². The topological polar surface area (TPSA) is 115 Å². The minimum atomic E-state index is -0.390. The van der Waals surface area contributed by atoms with E-state index in [2.05, 4.69) is 74.6 Å². The highest BCUT2D eigenvalue weighted by Gasteiger charge is 2.66. The molecule has 5 aromatic rings. The van der Waals surface area contributed by atoms with Crippen molar-refractivity contribution in [2.75, 3.05) is 21.2 Å². The Balaban J connectivity index is 0.915. The summed E-state index contributed by atoms with van der Waals surface area (Å²) in [4.78, 5) is 33.2. The van der Waals surface area contributed by atoms with E-state index in [0.717, 1.165) is 81.3 Å². The van der Waals surface area contributed by atoms with Crippen molar-refractivity contribution < 1.29 is 13.9 Å². The molecule has 224 valence electrons. The van der Waals surface area contributed by atoms with Gasteiger partial charge in [-0.05, 0) is 75.5 Å². The molecule has 10 nitrogen and oxygen atoms in total. The number of alkyl carbamates (subject to hydrolysis) is 1. The number of fused-ring (bicyclic) bond motifs is 3. The maximum absolute atomic E-state index is 11.9. The molecule has 2 saturated heterocycles. The van der Waals surface area contributed by atoms with Crippen molar-refractivity contribution in [1.82, 2.24) is 35.1 Å². The zero-order valence-corrected chi connectivity index (χ0v) is 25.0. The Morgan fingerprint density at radius 3 is 2.36 bits per heavy atom. The molecule has 2 aliphatic heterocycles. The van der Waals surface area contributed by atoms with E-state index in [4.69, 9.17) is 19.1 Å². The van der Waals surface area contributed by atoms with Crippen LogP contribution in [0.5, 0.6) is 0 Å². The summed E-state index contributed by atoms with van der Waals surface area (Å²) in [6.07, 6.45) is 7.88. The number of carbonyl (C=O) groups excluding carboxylic acids is 1. The number of aromatic amines is 2. The average Bonchev–Trinajstić information content (AvgIpc) is 3.50. The molecule has 0 bridgehead atoms. The first-order valence-electron chi connectivity index (χ1n) is 15.5. The summed E-state index contributed by atoms with van der Waals surface area (Å²) < 4.78 is 11.1. The van der Waals surface area contributed by atoms with Crippen LogP contribution in [0.25, 0.3) is 44.8 Å². The van der Waals surface area contributed by atoms with E-state index < -0.39 is 0 Å². The van der Waals surface area contributed by atoms with Gasteiger partial charge >= 0.3 is 6.09 Å². The first-order valence-corrected chi connectivity index (χ1v) is 15.5. The van der Waals surface area contributed by atoms with Crippen molar-refractivity contribution in [3.8, 4) is 33.8 Å². The lowest BCUT2D eigenvalue weighted by Gasteiger charge is -2.29. The van der Waals surface area contributed by atoms with Crippen LogP contribution in [0.15, 0.2) is 65.3 Å². The molecule has 3 N–H and O–H groups in total. The van der Waals surface area contributed by atoms with E-state index in [-0.39, 0.29) is 17.8 Å². The zero-order chi connectivity index (χ0) is 29.7. The van der Waals surface area contributed by atoms with Gasteiger partial charge in [0, 0.05) is 28.5 Å². The number of likely N-dealkylation sites (tertiary alicyclic amines) is 2. The van der Waals surface area contributed by atoms with E-state index in [1.165, 1.54) is 20.0 Å². The number of aromatic nitrogens is 4. The maximum atomic E-state index is 11.9. The first kappa shape index (κ1) is 26.0. The van der Waals surface area contributed by atoms with Crippen molar-refractivity contribution in [2.45, 2.75) is 49.5 Å². The van der Waals surface area contributed by atoms with Gasteiger partial charge < -0.3 is 24.4 Å². The number of nitrogens with one attached hydrogen (secondary N) is 3. The molecule has 3 aromatic heterocycles. The molecule has 6 atom stereocenters. The number of hydrogen-bond donors (Lipinski definition) is 3. The molecule has 9 rings (SSSR count). The average molecular weight is 590 g/mol. The molecule has 44 heavy (non-hydrogen) atoms. The number of methoxy groups -OCH3 is 1. The number of piperidine rings is 2. The van der Waals surface area contributed by atoms with Gasteiger partial charge in [-0.3, -0.25) is 9.80 Å². The van der Waals surface area contributed by atoms with Gasteiger partial charge in [-0.15, -0.1) is 0 Å². The highest BCUT2D eigenvalue weighted by molar-refractivity contribution is 5.87. The Morgan fingerprint density at radius 1 is 0.932 bits per heavy atom. The van der Waals surface area contributed by atoms with Gasteiger partial charge in [-0.25, -0.2) is 14.8 Å². The fourth-order valence-corrected chi connectivity index (χ4v) is 7.94. The number of nitrogens with zero attached hydrogens (tertiary/aromatic N) is 4. The predicted molar refractivity (Wildman–Crippen MR) is 165 cm³/mol.